The quantitative estimate of drug-likeness (QED) is 0.521. The van der Waals surface area contributed by atoms with Crippen LogP contribution in [0.1, 0.15) is 5.56 Å². The molecule has 1 N–H and O–H groups in total. The topological polar surface area (TPSA) is 67.5 Å². The fraction of sp³-hybridized carbons (Fsp3) is 0. The number of hydrazone groups is 1. The van der Waals surface area contributed by atoms with Gasteiger partial charge in [0.05, 0.1) is 11.1 Å². The molecule has 0 aliphatic rings. The number of rotatable bonds is 4. The van der Waals surface area contributed by atoms with E-state index in [1.165, 1.54) is 24.4 Å². The zero-order valence-corrected chi connectivity index (χ0v) is 9.79. The number of benzene rings is 2. The summed E-state index contributed by atoms with van der Waals surface area (Å²) in [7, 11) is 0. The molecule has 96 valence electrons. The zero-order chi connectivity index (χ0) is 13.7. The highest BCUT2D eigenvalue weighted by Crippen LogP contribution is 2.22. The second kappa shape index (κ2) is 5.72. The molecule has 0 fully saturated rings. The summed E-state index contributed by atoms with van der Waals surface area (Å²) in [6.07, 6.45) is 1.45. The van der Waals surface area contributed by atoms with Gasteiger partial charge < -0.3 is 0 Å². The molecule has 0 radical (unpaired) electrons. The van der Waals surface area contributed by atoms with Crippen LogP contribution in [-0.2, 0) is 0 Å². The molecule has 0 aliphatic heterocycles. The summed E-state index contributed by atoms with van der Waals surface area (Å²) in [5.74, 6) is -0.330. The average Bonchev–Trinajstić information content (AvgIpc) is 2.41. The van der Waals surface area contributed by atoms with Gasteiger partial charge in [0.25, 0.3) is 5.69 Å². The van der Waals surface area contributed by atoms with Crippen molar-refractivity contribution in [1.29, 1.82) is 0 Å². The fourth-order valence-electron chi connectivity index (χ4n) is 1.45. The Bertz CT molecular complexity index is 612. The van der Waals surface area contributed by atoms with Crippen molar-refractivity contribution in [2.24, 2.45) is 5.10 Å². The van der Waals surface area contributed by atoms with E-state index >= 15 is 0 Å². The minimum absolute atomic E-state index is 0.0567. The Morgan fingerprint density at radius 3 is 2.53 bits per heavy atom. The maximum absolute atomic E-state index is 12.7. The zero-order valence-electron chi connectivity index (χ0n) is 9.79. The molecule has 0 bridgehead atoms. The van der Waals surface area contributed by atoms with E-state index in [-0.39, 0.29) is 11.5 Å². The Morgan fingerprint density at radius 1 is 1.16 bits per heavy atom. The lowest BCUT2D eigenvalue weighted by Crippen LogP contribution is -1.96. The number of para-hydroxylation sites is 2. The molecular weight excluding hydrogens is 249 g/mol. The van der Waals surface area contributed by atoms with E-state index in [0.717, 1.165) is 0 Å². The summed E-state index contributed by atoms with van der Waals surface area (Å²) in [6, 6.07) is 11.9. The lowest BCUT2D eigenvalue weighted by Gasteiger charge is -2.00. The number of anilines is 1. The second-order valence-corrected chi connectivity index (χ2v) is 3.70. The molecule has 19 heavy (non-hydrogen) atoms. The molecule has 0 aromatic heterocycles. The van der Waals surface area contributed by atoms with Crippen LogP contribution in [0.15, 0.2) is 53.6 Å². The first-order chi connectivity index (χ1) is 9.16. The Morgan fingerprint density at radius 2 is 1.84 bits per heavy atom. The fourth-order valence-corrected chi connectivity index (χ4v) is 1.45. The first-order valence-corrected chi connectivity index (χ1v) is 5.45. The maximum Gasteiger partial charge on any atom is 0.294 e. The van der Waals surface area contributed by atoms with Crippen molar-refractivity contribution in [2.75, 3.05) is 5.43 Å². The van der Waals surface area contributed by atoms with E-state index in [9.17, 15) is 14.5 Å². The number of nitro groups is 1. The highest BCUT2D eigenvalue weighted by molar-refractivity contribution is 5.80. The van der Waals surface area contributed by atoms with Gasteiger partial charge in [-0.2, -0.15) is 5.10 Å². The standard InChI is InChI=1S/C13H10FN3O2/c14-11-7-5-10(6-8-11)9-15-16-12-3-1-2-4-13(12)17(18)19/h1-9,16H/b15-9+. The Labute approximate surface area is 108 Å². The lowest BCUT2D eigenvalue weighted by atomic mass is 10.2. The highest BCUT2D eigenvalue weighted by atomic mass is 19.1. The maximum atomic E-state index is 12.7. The second-order valence-electron chi connectivity index (χ2n) is 3.70. The van der Waals surface area contributed by atoms with Crippen LogP contribution < -0.4 is 5.43 Å². The Hall–Kier alpha value is -2.76. The van der Waals surface area contributed by atoms with Crippen LogP contribution in [0.5, 0.6) is 0 Å². The van der Waals surface area contributed by atoms with Crippen molar-refractivity contribution in [2.45, 2.75) is 0 Å². The van der Waals surface area contributed by atoms with Crippen molar-refractivity contribution in [3.63, 3.8) is 0 Å². The summed E-state index contributed by atoms with van der Waals surface area (Å²) in [4.78, 5) is 10.3. The lowest BCUT2D eigenvalue weighted by molar-refractivity contribution is -0.384. The third kappa shape index (κ3) is 3.35. The first-order valence-electron chi connectivity index (χ1n) is 5.45. The van der Waals surface area contributed by atoms with Crippen molar-refractivity contribution in [3.8, 4) is 0 Å². The summed E-state index contributed by atoms with van der Waals surface area (Å²) in [6.45, 7) is 0. The van der Waals surface area contributed by atoms with E-state index in [1.54, 1.807) is 30.3 Å². The summed E-state index contributed by atoms with van der Waals surface area (Å²) >= 11 is 0. The summed E-state index contributed by atoms with van der Waals surface area (Å²) in [5.41, 5.74) is 3.52. The number of nitrogens with zero attached hydrogens (tertiary/aromatic N) is 2. The molecule has 2 aromatic carbocycles. The molecule has 0 aliphatic carbocycles. The Balaban J connectivity index is 2.10. The predicted molar refractivity (Wildman–Crippen MR) is 70.7 cm³/mol. The molecule has 0 saturated heterocycles. The number of hydrogen-bond donors (Lipinski definition) is 1. The van der Waals surface area contributed by atoms with Gasteiger partial charge in [0.1, 0.15) is 11.5 Å². The van der Waals surface area contributed by atoms with Crippen molar-refractivity contribution in [3.05, 3.63) is 70.0 Å². The molecular formula is C13H10FN3O2. The SMILES string of the molecule is O=[N+]([O-])c1ccccc1N/N=C/c1ccc(F)cc1. The van der Waals surface area contributed by atoms with Gasteiger partial charge in [-0.3, -0.25) is 15.5 Å². The van der Waals surface area contributed by atoms with Crippen LogP contribution in [0.4, 0.5) is 15.8 Å². The van der Waals surface area contributed by atoms with Crippen molar-refractivity contribution < 1.29 is 9.31 Å². The van der Waals surface area contributed by atoms with Gasteiger partial charge in [-0.15, -0.1) is 0 Å². The van der Waals surface area contributed by atoms with Crippen LogP contribution in [-0.4, -0.2) is 11.1 Å². The number of halogens is 1. The molecule has 0 saturated carbocycles. The molecule has 2 rings (SSSR count). The third-order valence-corrected chi connectivity index (χ3v) is 2.37. The molecule has 6 heteroatoms. The van der Waals surface area contributed by atoms with Gasteiger partial charge in [-0.05, 0) is 23.8 Å². The molecule has 2 aromatic rings. The van der Waals surface area contributed by atoms with Crippen LogP contribution in [0.3, 0.4) is 0 Å². The molecule has 0 unspecified atom stereocenters. The van der Waals surface area contributed by atoms with Gasteiger partial charge >= 0.3 is 0 Å². The van der Waals surface area contributed by atoms with E-state index < -0.39 is 4.92 Å². The Kier molecular flexibility index (Phi) is 3.82. The van der Waals surface area contributed by atoms with Crippen molar-refractivity contribution in [1.82, 2.24) is 0 Å². The molecule has 0 atom stereocenters. The molecule has 0 amide bonds. The smallest absolute Gasteiger partial charge is 0.272 e. The van der Waals surface area contributed by atoms with E-state index in [2.05, 4.69) is 10.5 Å². The third-order valence-electron chi connectivity index (χ3n) is 2.37. The molecule has 0 spiro atoms. The van der Waals surface area contributed by atoms with Gasteiger partial charge in [-0.25, -0.2) is 4.39 Å². The highest BCUT2D eigenvalue weighted by Gasteiger charge is 2.10. The number of hydrogen-bond acceptors (Lipinski definition) is 4. The normalized spacial score (nSPS) is 10.6. The average molecular weight is 259 g/mol. The number of nitrogens with one attached hydrogen (secondary N) is 1. The van der Waals surface area contributed by atoms with Crippen LogP contribution in [0.25, 0.3) is 0 Å². The van der Waals surface area contributed by atoms with Gasteiger partial charge in [0.2, 0.25) is 0 Å². The van der Waals surface area contributed by atoms with Crippen LogP contribution in [0.2, 0.25) is 0 Å². The van der Waals surface area contributed by atoms with Crippen molar-refractivity contribution >= 4 is 17.6 Å². The van der Waals surface area contributed by atoms with E-state index in [4.69, 9.17) is 0 Å². The van der Waals surface area contributed by atoms with Crippen LogP contribution in [0, 0.1) is 15.9 Å². The first kappa shape index (κ1) is 12.7. The van der Waals surface area contributed by atoms with E-state index in [1.807, 2.05) is 0 Å². The van der Waals surface area contributed by atoms with Gasteiger partial charge in [0.15, 0.2) is 0 Å². The summed E-state index contributed by atoms with van der Waals surface area (Å²) < 4.78 is 12.7. The van der Waals surface area contributed by atoms with Gasteiger partial charge in [0, 0.05) is 6.07 Å². The predicted octanol–water partition coefficient (Wildman–Crippen LogP) is 3.18. The minimum atomic E-state index is -0.490. The monoisotopic (exact) mass is 259 g/mol. The van der Waals surface area contributed by atoms with Gasteiger partial charge in [-0.1, -0.05) is 24.3 Å². The molecule has 0 heterocycles. The minimum Gasteiger partial charge on any atom is -0.272 e. The van der Waals surface area contributed by atoms with E-state index in [0.29, 0.717) is 11.3 Å². The summed E-state index contributed by atoms with van der Waals surface area (Å²) in [5, 5.41) is 14.6. The largest absolute Gasteiger partial charge is 0.294 e. The number of nitro benzene ring substituents is 1. The molecule has 5 nitrogen and oxygen atoms in total. The van der Waals surface area contributed by atoms with Crippen LogP contribution >= 0.6 is 0 Å².